The predicted octanol–water partition coefficient (Wildman–Crippen LogP) is 0.537. The highest BCUT2D eigenvalue weighted by molar-refractivity contribution is 5.77. The van der Waals surface area contributed by atoms with Gasteiger partial charge in [0, 0.05) is 20.2 Å². The van der Waals surface area contributed by atoms with Gasteiger partial charge < -0.3 is 20.5 Å². The number of aliphatic carboxylic acids is 1. The lowest BCUT2D eigenvalue weighted by Gasteiger charge is -2.33. The van der Waals surface area contributed by atoms with Crippen LogP contribution in [-0.2, 0) is 9.53 Å². The highest BCUT2D eigenvalue weighted by atomic mass is 16.5. The predicted molar refractivity (Wildman–Crippen MR) is 65.9 cm³/mol. The van der Waals surface area contributed by atoms with Gasteiger partial charge in [0.15, 0.2) is 0 Å². The second-order valence-corrected chi connectivity index (χ2v) is 5.24. The Morgan fingerprint density at radius 3 is 2.94 bits per heavy atom. The molecule has 2 atom stereocenters. The van der Waals surface area contributed by atoms with Crippen LogP contribution in [0.1, 0.15) is 26.2 Å². The Bertz CT molecular complexity index is 254. The molecular formula is C12H24N2O3. The largest absolute Gasteiger partial charge is 0.480 e. The molecule has 100 valence electrons. The first kappa shape index (κ1) is 14.4. The molecule has 1 saturated heterocycles. The number of nitrogens with two attached hydrogens (primary N) is 1. The summed E-state index contributed by atoms with van der Waals surface area (Å²) in [5, 5.41) is 8.94. The molecule has 0 aliphatic carbocycles. The van der Waals surface area contributed by atoms with E-state index in [2.05, 4.69) is 4.90 Å². The fourth-order valence-electron chi connectivity index (χ4n) is 2.22. The van der Waals surface area contributed by atoms with Gasteiger partial charge in [-0.1, -0.05) is 0 Å². The lowest BCUT2D eigenvalue weighted by molar-refractivity contribution is -0.143. The van der Waals surface area contributed by atoms with Gasteiger partial charge in [-0.05, 0) is 38.6 Å². The Morgan fingerprint density at radius 2 is 2.35 bits per heavy atom. The van der Waals surface area contributed by atoms with Crippen molar-refractivity contribution < 1.29 is 14.6 Å². The zero-order chi connectivity index (χ0) is 12.9. The van der Waals surface area contributed by atoms with E-state index in [0.717, 1.165) is 32.7 Å². The minimum atomic E-state index is -1.12. The van der Waals surface area contributed by atoms with Crippen molar-refractivity contribution in [1.82, 2.24) is 4.90 Å². The maximum atomic E-state index is 10.9. The monoisotopic (exact) mass is 244 g/mol. The highest BCUT2D eigenvalue weighted by Gasteiger charge is 2.29. The first-order valence-electron chi connectivity index (χ1n) is 6.19. The number of hydrogen-bond donors (Lipinski definition) is 2. The lowest BCUT2D eigenvalue weighted by Crippen LogP contribution is -2.48. The molecule has 5 heteroatoms. The zero-order valence-corrected chi connectivity index (χ0v) is 10.8. The number of rotatable bonds is 6. The topological polar surface area (TPSA) is 75.8 Å². The molecule has 5 nitrogen and oxygen atoms in total. The lowest BCUT2D eigenvalue weighted by atomic mass is 9.96. The van der Waals surface area contributed by atoms with E-state index in [1.807, 2.05) is 0 Å². The smallest absolute Gasteiger partial charge is 0.323 e. The summed E-state index contributed by atoms with van der Waals surface area (Å²) in [6.45, 7) is 5.14. The van der Waals surface area contributed by atoms with Crippen molar-refractivity contribution in [3.63, 3.8) is 0 Å². The summed E-state index contributed by atoms with van der Waals surface area (Å²) in [5.74, 6) is -0.356. The number of carboxylic acid groups (broad SMARTS) is 1. The van der Waals surface area contributed by atoms with Gasteiger partial charge in [-0.25, -0.2) is 0 Å². The molecule has 0 amide bonds. The molecule has 1 heterocycles. The van der Waals surface area contributed by atoms with Crippen molar-refractivity contribution >= 4 is 5.97 Å². The van der Waals surface area contributed by atoms with Gasteiger partial charge in [-0.15, -0.1) is 0 Å². The van der Waals surface area contributed by atoms with Gasteiger partial charge in [0.25, 0.3) is 0 Å². The van der Waals surface area contributed by atoms with Gasteiger partial charge in [0.1, 0.15) is 5.54 Å². The molecule has 0 bridgehead atoms. The fraction of sp³-hybridized carbons (Fsp3) is 0.917. The van der Waals surface area contributed by atoms with Crippen LogP contribution in [0.2, 0.25) is 0 Å². The van der Waals surface area contributed by atoms with E-state index in [1.165, 1.54) is 6.42 Å². The van der Waals surface area contributed by atoms with Crippen molar-refractivity contribution in [2.45, 2.75) is 31.7 Å². The summed E-state index contributed by atoms with van der Waals surface area (Å²) in [4.78, 5) is 13.2. The van der Waals surface area contributed by atoms with Crippen LogP contribution in [0, 0.1) is 5.92 Å². The van der Waals surface area contributed by atoms with E-state index in [9.17, 15) is 4.79 Å². The molecule has 1 aliphatic heterocycles. The number of hydrogen-bond acceptors (Lipinski definition) is 4. The molecule has 0 saturated carbocycles. The van der Waals surface area contributed by atoms with E-state index >= 15 is 0 Å². The molecule has 0 spiro atoms. The third-order valence-corrected chi connectivity index (χ3v) is 3.44. The van der Waals surface area contributed by atoms with Gasteiger partial charge in [0.05, 0.1) is 6.61 Å². The molecule has 0 aromatic heterocycles. The molecular weight excluding hydrogens is 220 g/mol. The number of piperidine rings is 1. The Kier molecular flexibility index (Phi) is 5.36. The van der Waals surface area contributed by atoms with Crippen LogP contribution >= 0.6 is 0 Å². The van der Waals surface area contributed by atoms with Crippen LogP contribution in [0.15, 0.2) is 0 Å². The molecule has 3 N–H and O–H groups in total. The standard InChI is InChI=1S/C12H24N2O3/c1-12(13,11(15)16)5-7-14-6-3-4-10(8-14)9-17-2/h10H,3-9,13H2,1-2H3,(H,15,16). The number of methoxy groups -OCH3 is 1. The Morgan fingerprint density at radius 1 is 1.65 bits per heavy atom. The average molecular weight is 244 g/mol. The van der Waals surface area contributed by atoms with Gasteiger partial charge >= 0.3 is 5.97 Å². The number of ether oxygens (including phenoxy) is 1. The zero-order valence-electron chi connectivity index (χ0n) is 10.8. The third-order valence-electron chi connectivity index (χ3n) is 3.44. The van der Waals surface area contributed by atoms with Crippen LogP contribution in [-0.4, -0.2) is 54.9 Å². The van der Waals surface area contributed by atoms with Crippen molar-refractivity contribution in [3.05, 3.63) is 0 Å². The first-order valence-corrected chi connectivity index (χ1v) is 6.19. The molecule has 1 rings (SSSR count). The van der Waals surface area contributed by atoms with E-state index in [1.54, 1.807) is 14.0 Å². The minimum absolute atomic E-state index is 0.488. The SMILES string of the molecule is COCC1CCCN(CCC(C)(N)C(=O)O)C1. The van der Waals surface area contributed by atoms with Crippen molar-refractivity contribution in [2.75, 3.05) is 33.4 Å². The number of carbonyl (C=O) groups is 1. The van der Waals surface area contributed by atoms with Gasteiger partial charge in [-0.2, -0.15) is 0 Å². The Labute approximate surface area is 103 Å². The van der Waals surface area contributed by atoms with Gasteiger partial charge in [-0.3, -0.25) is 4.79 Å². The van der Waals surface area contributed by atoms with Crippen LogP contribution in [0.4, 0.5) is 0 Å². The van der Waals surface area contributed by atoms with Crippen molar-refractivity contribution in [2.24, 2.45) is 11.7 Å². The second kappa shape index (κ2) is 6.33. The minimum Gasteiger partial charge on any atom is -0.480 e. The highest BCUT2D eigenvalue weighted by Crippen LogP contribution is 2.18. The number of carboxylic acids is 1. The summed E-state index contributed by atoms with van der Waals surface area (Å²) < 4.78 is 5.17. The van der Waals surface area contributed by atoms with Crippen molar-refractivity contribution in [1.29, 1.82) is 0 Å². The summed E-state index contributed by atoms with van der Waals surface area (Å²) in [6.07, 6.45) is 2.84. The Balaban J connectivity index is 2.34. The molecule has 17 heavy (non-hydrogen) atoms. The summed E-state index contributed by atoms with van der Waals surface area (Å²) in [6, 6.07) is 0. The molecule has 0 aromatic rings. The maximum Gasteiger partial charge on any atom is 0.323 e. The third kappa shape index (κ3) is 4.61. The normalized spacial score (nSPS) is 25.5. The van der Waals surface area contributed by atoms with E-state index in [-0.39, 0.29) is 0 Å². The fourth-order valence-corrected chi connectivity index (χ4v) is 2.22. The number of likely N-dealkylation sites (tertiary alicyclic amines) is 1. The summed E-state index contributed by atoms with van der Waals surface area (Å²) in [5.41, 5.74) is 4.60. The van der Waals surface area contributed by atoms with Crippen LogP contribution in [0.25, 0.3) is 0 Å². The Hall–Kier alpha value is -0.650. The van der Waals surface area contributed by atoms with Crippen LogP contribution < -0.4 is 5.73 Å². The quantitative estimate of drug-likeness (QED) is 0.713. The summed E-state index contributed by atoms with van der Waals surface area (Å²) >= 11 is 0. The summed E-state index contributed by atoms with van der Waals surface area (Å²) in [7, 11) is 1.72. The molecule has 1 fully saturated rings. The van der Waals surface area contributed by atoms with Crippen LogP contribution in [0.3, 0.4) is 0 Å². The maximum absolute atomic E-state index is 10.9. The molecule has 2 unspecified atom stereocenters. The molecule has 0 aromatic carbocycles. The van der Waals surface area contributed by atoms with E-state index in [0.29, 0.717) is 12.3 Å². The van der Waals surface area contributed by atoms with Crippen LogP contribution in [0.5, 0.6) is 0 Å². The first-order chi connectivity index (χ1) is 7.95. The van der Waals surface area contributed by atoms with E-state index in [4.69, 9.17) is 15.6 Å². The second-order valence-electron chi connectivity index (χ2n) is 5.24. The number of nitrogens with zero attached hydrogens (tertiary/aromatic N) is 1. The van der Waals surface area contributed by atoms with E-state index < -0.39 is 11.5 Å². The van der Waals surface area contributed by atoms with Gasteiger partial charge in [0.2, 0.25) is 0 Å². The molecule has 0 radical (unpaired) electrons. The average Bonchev–Trinajstić information content (AvgIpc) is 2.27. The molecule has 1 aliphatic rings. The van der Waals surface area contributed by atoms with Crippen molar-refractivity contribution in [3.8, 4) is 0 Å².